The number of ether oxygens (including phenoxy) is 2. The van der Waals surface area contributed by atoms with Gasteiger partial charge in [0.2, 0.25) is 0 Å². The molecule has 4 nitrogen and oxygen atoms in total. The lowest BCUT2D eigenvalue weighted by Crippen LogP contribution is -2.24. The lowest BCUT2D eigenvalue weighted by molar-refractivity contribution is -0.147. The summed E-state index contributed by atoms with van der Waals surface area (Å²) >= 11 is 3.17. The summed E-state index contributed by atoms with van der Waals surface area (Å²) in [5, 5.41) is 8.36. The molecule has 1 aromatic rings. The van der Waals surface area contributed by atoms with Gasteiger partial charge in [-0.25, -0.2) is 4.79 Å². The molecule has 1 aromatic carbocycles. The van der Waals surface area contributed by atoms with Crippen LogP contribution in [-0.4, -0.2) is 31.4 Å². The predicted octanol–water partition coefficient (Wildman–Crippen LogP) is 2.96. The molecule has 1 rings (SSSR count). The minimum atomic E-state index is -3.34. The van der Waals surface area contributed by atoms with E-state index >= 15 is 0 Å². The Morgan fingerprint density at radius 3 is 2.63 bits per heavy atom. The van der Waals surface area contributed by atoms with Gasteiger partial charge in [0.1, 0.15) is 19.0 Å². The molecule has 0 aromatic heterocycles. The van der Waals surface area contributed by atoms with Crippen molar-refractivity contribution < 1.29 is 28.2 Å². The maximum Gasteiger partial charge on any atom is 0.329 e. The summed E-state index contributed by atoms with van der Waals surface area (Å²) in [6, 6.07) is 2.73. The number of carbonyl (C=O) groups is 1. The molecule has 0 saturated heterocycles. The van der Waals surface area contributed by atoms with E-state index in [0.29, 0.717) is 4.47 Å². The largest absolute Gasteiger partial charge is 0.496 e. The van der Waals surface area contributed by atoms with E-state index in [0.717, 1.165) is 5.56 Å². The Bertz CT molecular complexity index is 477. The molecule has 0 amide bonds. The fraction of sp³-hybridized carbons (Fsp3) is 0.417. The van der Waals surface area contributed by atoms with E-state index in [1.807, 2.05) is 0 Å². The van der Waals surface area contributed by atoms with Gasteiger partial charge in [0.15, 0.2) is 0 Å². The van der Waals surface area contributed by atoms with Gasteiger partial charge in [-0.2, -0.15) is 8.78 Å². The van der Waals surface area contributed by atoms with Crippen molar-refractivity contribution in [2.24, 2.45) is 0 Å². The molecule has 0 bridgehead atoms. The lowest BCUT2D eigenvalue weighted by atomic mass is 10.1. The second-order valence-corrected chi connectivity index (χ2v) is 4.75. The van der Waals surface area contributed by atoms with Crippen LogP contribution in [0.15, 0.2) is 16.6 Å². The Balaban J connectivity index is 2.99. The van der Waals surface area contributed by atoms with Crippen molar-refractivity contribution >= 4 is 21.9 Å². The summed E-state index contributed by atoms with van der Waals surface area (Å²) < 4.78 is 37.8. The zero-order chi connectivity index (χ0) is 14.6. The molecule has 0 unspecified atom stereocenters. The Hall–Kier alpha value is -1.21. The van der Waals surface area contributed by atoms with Crippen LogP contribution >= 0.6 is 15.9 Å². The Morgan fingerprint density at radius 1 is 1.47 bits per heavy atom. The molecule has 0 atom stereocenters. The van der Waals surface area contributed by atoms with E-state index in [-0.39, 0.29) is 11.3 Å². The van der Waals surface area contributed by atoms with Gasteiger partial charge >= 0.3 is 5.97 Å². The standard InChI is InChI=1S/C12H13BrF2O4/c1-7-3-10(18-2)8(4-9(7)13)12(14,15)6-19-5-11(16)17/h3-4H,5-6H2,1-2H3,(H,16,17). The van der Waals surface area contributed by atoms with Crippen LogP contribution in [0.4, 0.5) is 8.78 Å². The number of benzene rings is 1. The first-order valence-corrected chi connectivity index (χ1v) is 6.09. The van der Waals surface area contributed by atoms with Crippen LogP contribution in [0.25, 0.3) is 0 Å². The second-order valence-electron chi connectivity index (χ2n) is 3.89. The van der Waals surface area contributed by atoms with Gasteiger partial charge in [-0.05, 0) is 24.6 Å². The molecule has 0 fully saturated rings. The Kier molecular flexibility index (Phi) is 5.25. The Morgan fingerprint density at radius 2 is 2.11 bits per heavy atom. The fourth-order valence-electron chi connectivity index (χ4n) is 1.45. The van der Waals surface area contributed by atoms with Crippen LogP contribution in [0.3, 0.4) is 0 Å². The highest BCUT2D eigenvalue weighted by atomic mass is 79.9. The molecule has 0 aliphatic heterocycles. The number of methoxy groups -OCH3 is 1. The molecular formula is C12H13BrF2O4. The van der Waals surface area contributed by atoms with Gasteiger partial charge in [0.05, 0.1) is 12.7 Å². The average Bonchev–Trinajstić information content (AvgIpc) is 2.31. The Labute approximate surface area is 117 Å². The number of alkyl halides is 2. The van der Waals surface area contributed by atoms with Crippen molar-refractivity contribution in [2.75, 3.05) is 20.3 Å². The summed E-state index contributed by atoms with van der Waals surface area (Å²) in [6.07, 6.45) is 0. The van der Waals surface area contributed by atoms with Crippen LogP contribution in [0.5, 0.6) is 5.75 Å². The maximum absolute atomic E-state index is 13.9. The fourth-order valence-corrected chi connectivity index (χ4v) is 1.80. The van der Waals surface area contributed by atoms with Gasteiger partial charge in [-0.3, -0.25) is 0 Å². The van der Waals surface area contributed by atoms with E-state index in [9.17, 15) is 13.6 Å². The van der Waals surface area contributed by atoms with Crippen molar-refractivity contribution in [3.8, 4) is 5.75 Å². The number of hydrogen-bond acceptors (Lipinski definition) is 3. The molecule has 0 aliphatic carbocycles. The van der Waals surface area contributed by atoms with Crippen LogP contribution in [-0.2, 0) is 15.5 Å². The van der Waals surface area contributed by atoms with E-state index in [2.05, 4.69) is 20.7 Å². The quantitative estimate of drug-likeness (QED) is 0.866. The summed E-state index contributed by atoms with van der Waals surface area (Å²) in [6.45, 7) is -0.0500. The smallest absolute Gasteiger partial charge is 0.329 e. The SMILES string of the molecule is COc1cc(C)c(Br)cc1C(F)(F)COCC(=O)O. The topological polar surface area (TPSA) is 55.8 Å². The predicted molar refractivity (Wildman–Crippen MR) is 67.8 cm³/mol. The number of carboxylic acids is 1. The van der Waals surface area contributed by atoms with Crippen molar-refractivity contribution in [3.05, 3.63) is 27.7 Å². The van der Waals surface area contributed by atoms with Crippen LogP contribution < -0.4 is 4.74 Å². The first-order chi connectivity index (χ1) is 8.77. The highest BCUT2D eigenvalue weighted by molar-refractivity contribution is 9.10. The van der Waals surface area contributed by atoms with Gasteiger partial charge in [-0.1, -0.05) is 15.9 Å². The summed E-state index contributed by atoms with van der Waals surface area (Å²) in [5.41, 5.74) is 0.403. The summed E-state index contributed by atoms with van der Waals surface area (Å²) in [5.74, 6) is -4.60. The van der Waals surface area contributed by atoms with E-state index in [1.54, 1.807) is 6.92 Å². The van der Waals surface area contributed by atoms with Gasteiger partial charge in [0.25, 0.3) is 5.92 Å². The third-order valence-electron chi connectivity index (χ3n) is 2.38. The van der Waals surface area contributed by atoms with Crippen molar-refractivity contribution in [2.45, 2.75) is 12.8 Å². The molecule has 106 valence electrons. The zero-order valence-corrected chi connectivity index (χ0v) is 12.0. The van der Waals surface area contributed by atoms with Gasteiger partial charge < -0.3 is 14.6 Å². The van der Waals surface area contributed by atoms with Crippen LogP contribution in [0, 0.1) is 6.92 Å². The number of aliphatic carboxylic acids is 1. The number of rotatable bonds is 6. The van der Waals surface area contributed by atoms with Crippen LogP contribution in [0.1, 0.15) is 11.1 Å². The highest BCUT2D eigenvalue weighted by Gasteiger charge is 2.36. The number of aryl methyl sites for hydroxylation is 1. The summed E-state index contributed by atoms with van der Waals surface area (Å²) in [4.78, 5) is 10.2. The summed E-state index contributed by atoms with van der Waals surface area (Å²) in [7, 11) is 1.29. The van der Waals surface area contributed by atoms with E-state index in [1.165, 1.54) is 19.2 Å². The average molecular weight is 339 g/mol. The molecule has 1 N–H and O–H groups in total. The van der Waals surface area contributed by atoms with E-state index < -0.39 is 25.1 Å². The number of hydrogen-bond donors (Lipinski definition) is 1. The van der Waals surface area contributed by atoms with Crippen molar-refractivity contribution in [1.82, 2.24) is 0 Å². The second kappa shape index (κ2) is 6.29. The molecule has 0 aliphatic rings. The molecule has 0 heterocycles. The molecule has 0 saturated carbocycles. The molecular weight excluding hydrogens is 326 g/mol. The maximum atomic E-state index is 13.9. The zero-order valence-electron chi connectivity index (χ0n) is 10.4. The third kappa shape index (κ3) is 4.14. The van der Waals surface area contributed by atoms with Crippen molar-refractivity contribution in [1.29, 1.82) is 0 Å². The molecule has 7 heteroatoms. The number of carboxylic acid groups (broad SMARTS) is 1. The minimum Gasteiger partial charge on any atom is -0.496 e. The third-order valence-corrected chi connectivity index (χ3v) is 3.24. The molecule has 0 radical (unpaired) electrons. The van der Waals surface area contributed by atoms with E-state index in [4.69, 9.17) is 9.84 Å². The monoisotopic (exact) mass is 338 g/mol. The van der Waals surface area contributed by atoms with Gasteiger partial charge in [-0.15, -0.1) is 0 Å². The normalized spacial score (nSPS) is 11.4. The minimum absolute atomic E-state index is 0.0321. The first-order valence-electron chi connectivity index (χ1n) is 5.30. The highest BCUT2D eigenvalue weighted by Crippen LogP contribution is 2.38. The van der Waals surface area contributed by atoms with Crippen molar-refractivity contribution in [3.63, 3.8) is 0 Å². The number of halogens is 3. The molecule has 0 spiro atoms. The molecule has 19 heavy (non-hydrogen) atoms. The first kappa shape index (κ1) is 15.8. The van der Waals surface area contributed by atoms with Gasteiger partial charge in [0, 0.05) is 4.47 Å². The van der Waals surface area contributed by atoms with Crippen LogP contribution in [0.2, 0.25) is 0 Å². The lowest BCUT2D eigenvalue weighted by Gasteiger charge is -2.20.